The number of thiophene rings is 1. The van der Waals surface area contributed by atoms with Gasteiger partial charge in [-0.3, -0.25) is 4.90 Å². The third-order valence-electron chi connectivity index (χ3n) is 6.70. The number of carbonyl (C=O) groups is 1. The topological polar surface area (TPSA) is 60.5 Å². The molecule has 9 heteroatoms. The van der Waals surface area contributed by atoms with Crippen LogP contribution in [0.1, 0.15) is 20.8 Å². The maximum Gasteiger partial charge on any atom is 0.410 e. The molecule has 1 fully saturated rings. The van der Waals surface area contributed by atoms with Crippen LogP contribution in [0.2, 0.25) is 0 Å². The molecular formula is C32H35BrN2O5S. The molecule has 0 saturated carbocycles. The predicted octanol–water partition coefficient (Wildman–Crippen LogP) is 8.06. The molecule has 0 aliphatic carbocycles. The number of carbonyl (C=O) groups excluding carboxylic acids is 1. The fourth-order valence-corrected chi connectivity index (χ4v) is 6.00. The summed E-state index contributed by atoms with van der Waals surface area (Å²) in [6.07, 6.45) is -0.241. The lowest BCUT2D eigenvalue weighted by molar-refractivity contribution is 0.0137. The molecule has 0 N–H and O–H groups in total. The highest BCUT2D eigenvalue weighted by Crippen LogP contribution is 2.47. The van der Waals surface area contributed by atoms with Crippen molar-refractivity contribution < 1.29 is 23.7 Å². The van der Waals surface area contributed by atoms with E-state index in [2.05, 4.69) is 33.0 Å². The van der Waals surface area contributed by atoms with Crippen molar-refractivity contribution in [2.75, 3.05) is 46.4 Å². The number of amides is 1. The average molecular weight is 640 g/mol. The van der Waals surface area contributed by atoms with Crippen molar-refractivity contribution in [2.45, 2.75) is 26.4 Å². The van der Waals surface area contributed by atoms with E-state index in [1.54, 1.807) is 23.3 Å². The van der Waals surface area contributed by atoms with Crippen molar-refractivity contribution in [3.8, 4) is 33.4 Å². The zero-order chi connectivity index (χ0) is 29.0. The Labute approximate surface area is 253 Å². The molecule has 1 amide bonds. The van der Waals surface area contributed by atoms with Gasteiger partial charge in [-0.05, 0) is 80.9 Å². The lowest BCUT2D eigenvalue weighted by Crippen LogP contribution is -2.50. The van der Waals surface area contributed by atoms with Crippen LogP contribution in [0.15, 0.2) is 71.2 Å². The van der Waals surface area contributed by atoms with E-state index in [1.807, 2.05) is 75.4 Å². The standard InChI is InChI=1S/C32H35BrN2O5S/c1-32(2,3)40-31(36)35-17-15-34(16-18-35)19-20-38-24-9-11-25(12-10-24)39-29-27-14-13-26(37-4)21-28(27)41-30(29)22-5-7-23(33)8-6-22/h5-14,21H,15-20H2,1-4H3. The molecule has 2 heterocycles. The maximum atomic E-state index is 12.3. The highest BCUT2D eigenvalue weighted by atomic mass is 79.9. The van der Waals surface area contributed by atoms with Gasteiger partial charge >= 0.3 is 6.09 Å². The largest absolute Gasteiger partial charge is 0.497 e. The number of hydrogen-bond acceptors (Lipinski definition) is 7. The maximum absolute atomic E-state index is 12.3. The second kappa shape index (κ2) is 12.7. The number of benzene rings is 3. The van der Waals surface area contributed by atoms with Crippen molar-refractivity contribution >= 4 is 43.4 Å². The monoisotopic (exact) mass is 638 g/mol. The molecule has 5 rings (SSSR count). The molecule has 3 aromatic carbocycles. The number of hydrogen-bond donors (Lipinski definition) is 0. The molecule has 41 heavy (non-hydrogen) atoms. The second-order valence-corrected chi connectivity index (χ2v) is 12.8. The van der Waals surface area contributed by atoms with Crippen LogP contribution in [0.4, 0.5) is 4.79 Å². The van der Waals surface area contributed by atoms with Crippen LogP contribution >= 0.6 is 27.3 Å². The first-order chi connectivity index (χ1) is 19.7. The van der Waals surface area contributed by atoms with Gasteiger partial charge in [-0.1, -0.05) is 28.1 Å². The van der Waals surface area contributed by atoms with E-state index >= 15 is 0 Å². The van der Waals surface area contributed by atoms with Crippen molar-refractivity contribution in [2.24, 2.45) is 0 Å². The van der Waals surface area contributed by atoms with E-state index in [-0.39, 0.29) is 6.09 Å². The lowest BCUT2D eigenvalue weighted by Gasteiger charge is -2.35. The Hall–Kier alpha value is -3.27. The Balaban J connectivity index is 1.19. The van der Waals surface area contributed by atoms with Gasteiger partial charge in [0.15, 0.2) is 5.75 Å². The van der Waals surface area contributed by atoms with Gasteiger partial charge in [0.25, 0.3) is 0 Å². The summed E-state index contributed by atoms with van der Waals surface area (Å²) in [4.78, 5) is 17.4. The molecule has 4 aromatic rings. The zero-order valence-corrected chi connectivity index (χ0v) is 26.2. The van der Waals surface area contributed by atoms with Crippen molar-refractivity contribution in [3.05, 3.63) is 71.2 Å². The Kier molecular flexibility index (Phi) is 9.06. The summed E-state index contributed by atoms with van der Waals surface area (Å²) in [6.45, 7) is 9.95. The SMILES string of the molecule is COc1ccc2c(Oc3ccc(OCCN4CCN(C(=O)OC(C)(C)C)CC4)cc3)c(-c3ccc(Br)cc3)sc2c1. The fourth-order valence-electron chi connectivity index (χ4n) is 4.57. The Morgan fingerprint density at radius 2 is 1.56 bits per heavy atom. The molecule has 0 radical (unpaired) electrons. The summed E-state index contributed by atoms with van der Waals surface area (Å²) < 4.78 is 25.6. The molecule has 7 nitrogen and oxygen atoms in total. The van der Waals surface area contributed by atoms with Crippen LogP contribution < -0.4 is 14.2 Å². The first-order valence-corrected chi connectivity index (χ1v) is 15.3. The average Bonchev–Trinajstić information content (AvgIpc) is 3.31. The van der Waals surface area contributed by atoms with Gasteiger partial charge in [0, 0.05) is 47.3 Å². The van der Waals surface area contributed by atoms with E-state index in [1.165, 1.54) is 0 Å². The van der Waals surface area contributed by atoms with E-state index < -0.39 is 5.60 Å². The normalized spacial score (nSPS) is 14.2. The predicted molar refractivity (Wildman–Crippen MR) is 168 cm³/mol. The fraction of sp³-hybridized carbons (Fsp3) is 0.344. The van der Waals surface area contributed by atoms with E-state index in [0.29, 0.717) is 19.7 Å². The van der Waals surface area contributed by atoms with Crippen LogP contribution in [0, 0.1) is 0 Å². The minimum absolute atomic E-state index is 0.241. The van der Waals surface area contributed by atoms with Crippen LogP contribution in [-0.4, -0.2) is 67.9 Å². The Morgan fingerprint density at radius 3 is 2.22 bits per heavy atom. The Morgan fingerprint density at radius 1 is 0.902 bits per heavy atom. The smallest absolute Gasteiger partial charge is 0.410 e. The van der Waals surface area contributed by atoms with Crippen LogP contribution in [0.25, 0.3) is 20.5 Å². The number of methoxy groups -OCH3 is 1. The quantitative estimate of drug-likeness (QED) is 0.194. The van der Waals surface area contributed by atoms with Gasteiger partial charge in [0.1, 0.15) is 29.5 Å². The molecule has 0 spiro atoms. The van der Waals surface area contributed by atoms with Crippen molar-refractivity contribution in [1.29, 1.82) is 0 Å². The van der Waals surface area contributed by atoms with E-state index in [0.717, 1.165) is 67.6 Å². The summed E-state index contributed by atoms with van der Waals surface area (Å²) in [5.74, 6) is 3.18. The van der Waals surface area contributed by atoms with Gasteiger partial charge in [0.05, 0.1) is 12.0 Å². The number of piperazine rings is 1. The highest BCUT2D eigenvalue weighted by molar-refractivity contribution is 9.10. The number of fused-ring (bicyclic) bond motifs is 1. The van der Waals surface area contributed by atoms with Crippen LogP contribution in [0.5, 0.6) is 23.0 Å². The van der Waals surface area contributed by atoms with Gasteiger partial charge in [0.2, 0.25) is 0 Å². The molecule has 1 aliphatic heterocycles. The highest BCUT2D eigenvalue weighted by Gasteiger charge is 2.25. The Bertz CT molecular complexity index is 1470. The summed E-state index contributed by atoms with van der Waals surface area (Å²) >= 11 is 5.21. The molecular weight excluding hydrogens is 604 g/mol. The third-order valence-corrected chi connectivity index (χ3v) is 8.41. The van der Waals surface area contributed by atoms with E-state index in [9.17, 15) is 4.79 Å². The number of halogens is 1. The number of rotatable bonds is 8. The summed E-state index contributed by atoms with van der Waals surface area (Å²) in [5.41, 5.74) is 0.617. The van der Waals surface area contributed by atoms with E-state index in [4.69, 9.17) is 18.9 Å². The molecule has 0 bridgehead atoms. The first kappa shape index (κ1) is 29.2. The lowest BCUT2D eigenvalue weighted by atomic mass is 10.1. The van der Waals surface area contributed by atoms with Crippen LogP contribution in [0.3, 0.4) is 0 Å². The second-order valence-electron chi connectivity index (χ2n) is 10.9. The zero-order valence-electron chi connectivity index (χ0n) is 23.8. The molecule has 1 aliphatic rings. The van der Waals surface area contributed by atoms with Gasteiger partial charge in [-0.25, -0.2) is 4.79 Å². The molecule has 0 unspecified atom stereocenters. The number of ether oxygens (including phenoxy) is 4. The van der Waals surface area contributed by atoms with Gasteiger partial charge < -0.3 is 23.8 Å². The summed E-state index contributed by atoms with van der Waals surface area (Å²) in [6, 6.07) is 22.1. The third kappa shape index (κ3) is 7.52. The first-order valence-electron chi connectivity index (χ1n) is 13.7. The van der Waals surface area contributed by atoms with Crippen molar-refractivity contribution in [1.82, 2.24) is 9.80 Å². The summed E-state index contributed by atoms with van der Waals surface area (Å²) in [5, 5.41) is 1.04. The molecule has 1 aromatic heterocycles. The molecule has 1 saturated heterocycles. The minimum Gasteiger partial charge on any atom is -0.497 e. The van der Waals surface area contributed by atoms with Crippen molar-refractivity contribution in [3.63, 3.8) is 0 Å². The van der Waals surface area contributed by atoms with Crippen LogP contribution in [-0.2, 0) is 4.74 Å². The molecule has 0 atom stereocenters. The van der Waals surface area contributed by atoms with Gasteiger partial charge in [-0.15, -0.1) is 11.3 Å². The summed E-state index contributed by atoms with van der Waals surface area (Å²) in [7, 11) is 1.68. The number of nitrogens with zero attached hydrogens (tertiary/aromatic N) is 2. The minimum atomic E-state index is -0.476. The van der Waals surface area contributed by atoms with Gasteiger partial charge in [-0.2, -0.15) is 0 Å². The molecule has 216 valence electrons.